The van der Waals surface area contributed by atoms with E-state index in [2.05, 4.69) is 13.8 Å². The average Bonchev–Trinajstić information content (AvgIpc) is 3.18. The fraction of sp³-hybridized carbons (Fsp3) is 0.933. The van der Waals surface area contributed by atoms with E-state index in [1.54, 1.807) is 0 Å². The third-order valence-electron chi connectivity index (χ3n) is 5.84. The number of ether oxygens (including phenoxy) is 3. The van der Waals surface area contributed by atoms with Crippen LogP contribution in [0.2, 0.25) is 0 Å². The molecule has 4 heteroatoms. The van der Waals surface area contributed by atoms with E-state index in [-0.39, 0.29) is 35.3 Å². The van der Waals surface area contributed by atoms with Crippen LogP contribution in [0, 0.1) is 11.8 Å². The highest BCUT2D eigenvalue weighted by Gasteiger charge is 2.64. The predicted octanol–water partition coefficient (Wildman–Crippen LogP) is 2.05. The van der Waals surface area contributed by atoms with Crippen molar-refractivity contribution in [3.05, 3.63) is 0 Å². The average molecular weight is 266 g/mol. The standard InChI is InChI=1S/C15H22O4/c1-8-9-4-6-14(2)10(18-14)5-7-15(3)12(19-15)11(9)17-13(8)16/h8-12H,4-7H2,1-3H3/t8-,9+,10-,11+,12-,14-,15-/m1/s1. The quantitative estimate of drug-likeness (QED) is 0.497. The Labute approximate surface area is 113 Å². The summed E-state index contributed by atoms with van der Waals surface area (Å²) in [6.07, 6.45) is 4.56. The first-order chi connectivity index (χ1) is 8.93. The molecule has 0 N–H and O–H groups in total. The fourth-order valence-corrected chi connectivity index (χ4v) is 4.11. The zero-order chi connectivity index (χ0) is 13.4. The van der Waals surface area contributed by atoms with Gasteiger partial charge in [-0.3, -0.25) is 4.79 Å². The Kier molecular flexibility index (Phi) is 2.26. The van der Waals surface area contributed by atoms with Crippen molar-refractivity contribution in [2.75, 3.05) is 0 Å². The van der Waals surface area contributed by atoms with Crippen molar-refractivity contribution in [1.82, 2.24) is 0 Å². The molecular formula is C15H22O4. The zero-order valence-electron chi connectivity index (χ0n) is 11.8. The molecule has 0 radical (unpaired) electrons. The van der Waals surface area contributed by atoms with Gasteiger partial charge in [-0.25, -0.2) is 0 Å². The van der Waals surface area contributed by atoms with Crippen molar-refractivity contribution in [3.63, 3.8) is 0 Å². The molecule has 0 aromatic heterocycles. The molecule has 0 spiro atoms. The van der Waals surface area contributed by atoms with E-state index in [4.69, 9.17) is 14.2 Å². The maximum atomic E-state index is 11.9. The number of carbonyl (C=O) groups is 1. The molecule has 3 aliphatic heterocycles. The number of hydrogen-bond donors (Lipinski definition) is 0. The monoisotopic (exact) mass is 266 g/mol. The molecule has 0 amide bonds. The Morgan fingerprint density at radius 1 is 1.11 bits per heavy atom. The van der Waals surface area contributed by atoms with Gasteiger partial charge >= 0.3 is 5.97 Å². The van der Waals surface area contributed by atoms with Gasteiger partial charge in [-0.1, -0.05) is 6.92 Å². The summed E-state index contributed by atoms with van der Waals surface area (Å²) in [6.45, 7) is 6.34. The normalized spacial score (nSPS) is 59.5. The molecule has 0 bridgehead atoms. The van der Waals surface area contributed by atoms with Crippen LogP contribution >= 0.6 is 0 Å². The molecule has 7 atom stereocenters. The summed E-state index contributed by atoms with van der Waals surface area (Å²) in [5.74, 6) is 0.239. The van der Waals surface area contributed by atoms with Crippen molar-refractivity contribution >= 4 is 5.97 Å². The first kappa shape index (κ1) is 12.2. The second-order valence-electron chi connectivity index (χ2n) is 7.20. The first-order valence-corrected chi connectivity index (χ1v) is 7.49. The number of carbonyl (C=O) groups excluding carboxylic acids is 1. The minimum absolute atomic E-state index is 0.00123. The summed E-state index contributed by atoms with van der Waals surface area (Å²) >= 11 is 0. The molecule has 4 rings (SSSR count). The van der Waals surface area contributed by atoms with Crippen LogP contribution in [0.15, 0.2) is 0 Å². The van der Waals surface area contributed by atoms with Crippen molar-refractivity contribution in [2.45, 2.75) is 76.0 Å². The van der Waals surface area contributed by atoms with Crippen molar-refractivity contribution in [1.29, 1.82) is 0 Å². The van der Waals surface area contributed by atoms with E-state index < -0.39 is 0 Å². The lowest BCUT2D eigenvalue weighted by Crippen LogP contribution is -2.31. The van der Waals surface area contributed by atoms with Crippen LogP contribution in [-0.2, 0) is 19.0 Å². The molecule has 1 aliphatic carbocycles. The second kappa shape index (κ2) is 3.53. The molecule has 4 fully saturated rings. The van der Waals surface area contributed by atoms with Crippen LogP contribution in [0.3, 0.4) is 0 Å². The smallest absolute Gasteiger partial charge is 0.309 e. The SMILES string of the molecule is C[C@H]1C(=O)O[C@H]2[C@H]1CC[C@@]1(C)O[C@@H]1CC[C@@]1(C)O[C@H]21. The molecule has 106 valence electrons. The highest BCUT2D eigenvalue weighted by atomic mass is 16.6. The van der Waals surface area contributed by atoms with E-state index in [0.29, 0.717) is 12.0 Å². The third kappa shape index (κ3) is 1.69. The van der Waals surface area contributed by atoms with Crippen LogP contribution in [-0.4, -0.2) is 35.5 Å². The van der Waals surface area contributed by atoms with Crippen LogP contribution in [0.25, 0.3) is 0 Å². The molecule has 0 aromatic rings. The lowest BCUT2D eigenvalue weighted by Gasteiger charge is -2.21. The maximum Gasteiger partial charge on any atom is 0.309 e. The highest BCUT2D eigenvalue weighted by Crippen LogP contribution is 2.54. The van der Waals surface area contributed by atoms with Gasteiger partial charge in [0.1, 0.15) is 12.2 Å². The van der Waals surface area contributed by atoms with Gasteiger partial charge in [0, 0.05) is 5.92 Å². The molecule has 4 nitrogen and oxygen atoms in total. The molecule has 3 heterocycles. The Bertz CT molecular complexity index is 436. The van der Waals surface area contributed by atoms with Crippen molar-refractivity contribution in [3.8, 4) is 0 Å². The first-order valence-electron chi connectivity index (χ1n) is 7.49. The predicted molar refractivity (Wildman–Crippen MR) is 67.6 cm³/mol. The van der Waals surface area contributed by atoms with E-state index >= 15 is 0 Å². The minimum Gasteiger partial charge on any atom is -0.459 e. The van der Waals surface area contributed by atoms with Crippen LogP contribution < -0.4 is 0 Å². The minimum atomic E-state index is -0.0997. The summed E-state index contributed by atoms with van der Waals surface area (Å²) in [7, 11) is 0. The summed E-state index contributed by atoms with van der Waals surface area (Å²) in [5.41, 5.74) is -0.0640. The van der Waals surface area contributed by atoms with Gasteiger partial charge in [0.05, 0.1) is 23.2 Å². The van der Waals surface area contributed by atoms with Crippen molar-refractivity contribution < 1.29 is 19.0 Å². The molecule has 0 unspecified atom stereocenters. The molecular weight excluding hydrogens is 244 g/mol. The van der Waals surface area contributed by atoms with Gasteiger partial charge in [-0.15, -0.1) is 0 Å². The lowest BCUT2D eigenvalue weighted by atomic mass is 9.79. The fourth-order valence-electron chi connectivity index (χ4n) is 4.11. The van der Waals surface area contributed by atoms with Gasteiger partial charge in [-0.2, -0.15) is 0 Å². The van der Waals surface area contributed by atoms with E-state index in [1.165, 1.54) is 0 Å². The third-order valence-corrected chi connectivity index (χ3v) is 5.84. The van der Waals surface area contributed by atoms with Crippen molar-refractivity contribution in [2.24, 2.45) is 11.8 Å². The second-order valence-corrected chi connectivity index (χ2v) is 7.20. The lowest BCUT2D eigenvalue weighted by molar-refractivity contribution is -0.144. The number of rotatable bonds is 0. The maximum absolute atomic E-state index is 11.9. The highest BCUT2D eigenvalue weighted by molar-refractivity contribution is 5.75. The number of fused-ring (bicyclic) bond motifs is 4. The Morgan fingerprint density at radius 2 is 1.84 bits per heavy atom. The summed E-state index contributed by atoms with van der Waals surface area (Å²) in [5, 5.41) is 0. The van der Waals surface area contributed by atoms with Crippen LogP contribution in [0.1, 0.15) is 46.5 Å². The van der Waals surface area contributed by atoms with Gasteiger partial charge in [0.15, 0.2) is 0 Å². The molecule has 1 saturated carbocycles. The Morgan fingerprint density at radius 3 is 2.63 bits per heavy atom. The molecule has 19 heavy (non-hydrogen) atoms. The number of esters is 1. The van der Waals surface area contributed by atoms with Crippen LogP contribution in [0.4, 0.5) is 0 Å². The van der Waals surface area contributed by atoms with Gasteiger partial charge in [-0.05, 0) is 39.5 Å². The molecule has 0 aromatic carbocycles. The topological polar surface area (TPSA) is 51.4 Å². The van der Waals surface area contributed by atoms with Gasteiger partial charge in [0.2, 0.25) is 0 Å². The molecule has 4 aliphatic rings. The Balaban J connectivity index is 1.60. The van der Waals surface area contributed by atoms with E-state index in [9.17, 15) is 4.79 Å². The summed E-state index contributed by atoms with van der Waals surface area (Å²) < 4.78 is 17.4. The van der Waals surface area contributed by atoms with Gasteiger partial charge < -0.3 is 14.2 Å². The number of epoxide rings is 2. The largest absolute Gasteiger partial charge is 0.459 e. The molecule has 3 saturated heterocycles. The summed E-state index contributed by atoms with van der Waals surface area (Å²) in [6, 6.07) is 0. The van der Waals surface area contributed by atoms with Gasteiger partial charge in [0.25, 0.3) is 0 Å². The van der Waals surface area contributed by atoms with Crippen LogP contribution in [0.5, 0.6) is 0 Å². The number of hydrogen-bond acceptors (Lipinski definition) is 4. The Hall–Kier alpha value is -0.610. The zero-order valence-corrected chi connectivity index (χ0v) is 11.8. The summed E-state index contributed by atoms with van der Waals surface area (Å²) in [4.78, 5) is 11.9. The van der Waals surface area contributed by atoms with E-state index in [0.717, 1.165) is 25.7 Å². The van der Waals surface area contributed by atoms with E-state index in [1.807, 2.05) is 6.92 Å².